The molecular weight excluding hydrogens is 526 g/mol. The number of aliphatic hydroxyl groups is 2. The molecule has 3 aromatic rings. The van der Waals surface area contributed by atoms with E-state index in [0.717, 1.165) is 18.2 Å². The van der Waals surface area contributed by atoms with Gasteiger partial charge in [0, 0.05) is 35.3 Å². The Morgan fingerprint density at radius 1 is 1.08 bits per heavy atom. The molecular formula is C26H23ClF2N2O5S. The van der Waals surface area contributed by atoms with Crippen molar-refractivity contribution in [3.05, 3.63) is 88.7 Å². The van der Waals surface area contributed by atoms with Crippen LogP contribution in [0.1, 0.15) is 41.3 Å². The first kappa shape index (κ1) is 25.7. The van der Waals surface area contributed by atoms with E-state index in [1.807, 2.05) is 0 Å². The average Bonchev–Trinajstić information content (AvgIpc) is 2.90. The number of halogens is 3. The highest BCUT2D eigenvalue weighted by atomic mass is 35.5. The van der Waals surface area contributed by atoms with Crippen LogP contribution >= 0.6 is 11.6 Å². The van der Waals surface area contributed by atoms with E-state index in [0.29, 0.717) is 12.0 Å². The molecule has 1 heterocycles. The Labute approximate surface area is 217 Å². The third kappa shape index (κ3) is 4.41. The van der Waals surface area contributed by atoms with Crippen LogP contribution in [0.4, 0.5) is 14.5 Å². The molecule has 0 spiro atoms. The Balaban J connectivity index is 1.36. The van der Waals surface area contributed by atoms with Crippen LogP contribution < -0.4 is 5.32 Å². The minimum atomic E-state index is -4.00. The van der Waals surface area contributed by atoms with Crippen LogP contribution in [0.3, 0.4) is 0 Å². The lowest BCUT2D eigenvalue weighted by molar-refractivity contribution is -0.234. The van der Waals surface area contributed by atoms with Gasteiger partial charge < -0.3 is 15.5 Å². The monoisotopic (exact) mass is 548 g/mol. The first-order valence-corrected chi connectivity index (χ1v) is 13.5. The van der Waals surface area contributed by atoms with Crippen molar-refractivity contribution in [2.75, 3.05) is 5.32 Å². The van der Waals surface area contributed by atoms with Gasteiger partial charge in [-0.3, -0.25) is 9.78 Å². The average molecular weight is 549 g/mol. The number of amides is 1. The molecule has 3 aliphatic carbocycles. The van der Waals surface area contributed by atoms with Gasteiger partial charge >= 0.3 is 0 Å². The minimum absolute atomic E-state index is 0.00193. The summed E-state index contributed by atoms with van der Waals surface area (Å²) in [6, 6.07) is 9.96. The number of aliphatic hydroxyl groups excluding tert-OH is 1. The predicted octanol–water partition coefficient (Wildman–Crippen LogP) is 4.30. The molecule has 3 unspecified atom stereocenters. The fraction of sp³-hybridized carbons (Fsp3) is 0.308. The molecule has 3 fully saturated rings. The number of rotatable bonds is 6. The SMILES string of the molecule is O=C(Nc1ccc(F)c(F)c1)c1ccc(Cl)c(S(=O)(=O)C2CC3CC(C2)C3(O)C(O)c2cccnc2)c1. The van der Waals surface area contributed by atoms with Crippen molar-refractivity contribution in [3.63, 3.8) is 0 Å². The maximum Gasteiger partial charge on any atom is 0.255 e. The molecule has 1 aromatic heterocycles. The summed E-state index contributed by atoms with van der Waals surface area (Å²) in [7, 11) is -4.00. The van der Waals surface area contributed by atoms with Gasteiger partial charge in [-0.05, 0) is 67.5 Å². The Hall–Kier alpha value is -2.92. The molecule has 2 aromatic carbocycles. The molecule has 0 aliphatic heterocycles. The number of carbonyl (C=O) groups excluding carboxylic acids is 1. The Morgan fingerprint density at radius 3 is 2.46 bits per heavy atom. The smallest absolute Gasteiger partial charge is 0.255 e. The van der Waals surface area contributed by atoms with Crippen molar-refractivity contribution >= 4 is 33.0 Å². The summed E-state index contributed by atoms with van der Waals surface area (Å²) in [5.41, 5.74) is -1.02. The maximum atomic E-state index is 13.6. The van der Waals surface area contributed by atoms with Gasteiger partial charge in [-0.1, -0.05) is 17.7 Å². The summed E-state index contributed by atoms with van der Waals surface area (Å²) in [5.74, 6) is -3.82. The van der Waals surface area contributed by atoms with Crippen molar-refractivity contribution < 1.29 is 32.2 Å². The van der Waals surface area contributed by atoms with E-state index in [9.17, 15) is 32.2 Å². The van der Waals surface area contributed by atoms with Crippen LogP contribution in [0.25, 0.3) is 0 Å². The van der Waals surface area contributed by atoms with E-state index in [4.69, 9.17) is 11.6 Å². The summed E-state index contributed by atoms with van der Waals surface area (Å²) in [4.78, 5) is 16.5. The predicted molar refractivity (Wildman–Crippen MR) is 132 cm³/mol. The third-order valence-corrected chi connectivity index (χ3v) is 10.2. The van der Waals surface area contributed by atoms with E-state index in [2.05, 4.69) is 10.3 Å². The highest BCUT2D eigenvalue weighted by Gasteiger charge is 2.63. The molecule has 1 amide bonds. The van der Waals surface area contributed by atoms with Gasteiger partial charge in [0.25, 0.3) is 5.91 Å². The van der Waals surface area contributed by atoms with Gasteiger partial charge in [0.1, 0.15) is 11.7 Å². The molecule has 11 heteroatoms. The Kier molecular flexibility index (Phi) is 6.56. The summed E-state index contributed by atoms with van der Waals surface area (Å²) in [6.07, 6.45) is 2.66. The molecule has 7 nitrogen and oxygen atoms in total. The number of nitrogens with zero attached hydrogens (tertiary/aromatic N) is 1. The zero-order chi connectivity index (χ0) is 26.5. The van der Waals surface area contributed by atoms with E-state index in [1.165, 1.54) is 24.4 Å². The molecule has 3 aliphatic rings. The van der Waals surface area contributed by atoms with Gasteiger partial charge in [-0.25, -0.2) is 17.2 Å². The largest absolute Gasteiger partial charge is 0.386 e. The highest BCUT2D eigenvalue weighted by Crippen LogP contribution is 2.60. The second-order valence-corrected chi connectivity index (χ2v) is 12.2. The molecule has 3 saturated carbocycles. The fourth-order valence-electron chi connectivity index (χ4n) is 5.52. The molecule has 194 valence electrons. The lowest BCUT2D eigenvalue weighted by Gasteiger charge is -2.60. The number of nitrogens with one attached hydrogen (secondary N) is 1. The molecule has 2 bridgehead atoms. The lowest BCUT2D eigenvalue weighted by atomic mass is 9.51. The number of anilines is 1. The number of hydrogen-bond acceptors (Lipinski definition) is 6. The Morgan fingerprint density at radius 2 is 1.81 bits per heavy atom. The number of sulfone groups is 1. The summed E-state index contributed by atoms with van der Waals surface area (Å²) < 4.78 is 53.8. The van der Waals surface area contributed by atoms with Crippen molar-refractivity contribution in [1.29, 1.82) is 0 Å². The van der Waals surface area contributed by atoms with Gasteiger partial charge in [0.15, 0.2) is 21.5 Å². The molecule has 37 heavy (non-hydrogen) atoms. The van der Waals surface area contributed by atoms with Gasteiger partial charge in [0.2, 0.25) is 0 Å². The lowest BCUT2D eigenvalue weighted by Crippen LogP contribution is -2.64. The first-order chi connectivity index (χ1) is 17.5. The van der Waals surface area contributed by atoms with Crippen LogP contribution in [0.5, 0.6) is 0 Å². The molecule has 0 radical (unpaired) electrons. The Bertz CT molecular complexity index is 1460. The zero-order valence-corrected chi connectivity index (χ0v) is 20.9. The molecule has 3 N–H and O–H groups in total. The van der Waals surface area contributed by atoms with Gasteiger partial charge in [-0.15, -0.1) is 0 Å². The maximum absolute atomic E-state index is 13.6. The summed E-state index contributed by atoms with van der Waals surface area (Å²) in [5, 5.41) is 23.7. The van der Waals surface area contributed by atoms with Crippen LogP contribution in [-0.2, 0) is 9.84 Å². The summed E-state index contributed by atoms with van der Waals surface area (Å²) in [6.45, 7) is 0. The van der Waals surface area contributed by atoms with Crippen molar-refractivity contribution in [2.45, 2.75) is 41.1 Å². The van der Waals surface area contributed by atoms with Gasteiger partial charge in [-0.2, -0.15) is 0 Å². The van der Waals surface area contributed by atoms with Crippen molar-refractivity contribution in [3.8, 4) is 0 Å². The second kappa shape index (κ2) is 9.43. The van der Waals surface area contributed by atoms with E-state index in [-0.39, 0.29) is 34.0 Å². The topological polar surface area (TPSA) is 117 Å². The zero-order valence-electron chi connectivity index (χ0n) is 19.3. The number of carbonyl (C=O) groups is 1. The van der Waals surface area contributed by atoms with Crippen molar-refractivity contribution in [2.24, 2.45) is 11.8 Å². The normalized spacial score (nSPS) is 25.7. The van der Waals surface area contributed by atoms with Crippen molar-refractivity contribution in [1.82, 2.24) is 4.98 Å². The first-order valence-electron chi connectivity index (χ1n) is 11.6. The van der Waals surface area contributed by atoms with E-state index >= 15 is 0 Å². The fourth-order valence-corrected chi connectivity index (χ4v) is 7.92. The number of aromatic nitrogens is 1. The number of fused-ring (bicyclic) bond motifs is 2. The quantitative estimate of drug-likeness (QED) is 0.423. The van der Waals surface area contributed by atoms with E-state index < -0.39 is 56.2 Å². The minimum Gasteiger partial charge on any atom is -0.386 e. The van der Waals surface area contributed by atoms with Crippen LogP contribution in [0.2, 0.25) is 5.02 Å². The number of benzene rings is 2. The standard InChI is InChI=1S/C26H23ClF2N2O5S/c27-20-5-3-14(25(33)31-18-4-6-21(28)22(29)12-18)8-23(20)37(35,36)19-10-16-9-17(11-19)26(16,34)24(32)15-2-1-7-30-13-15/h1-8,12-13,16-17,19,24,32,34H,9-11H2,(H,31,33). The van der Waals surface area contributed by atoms with Crippen LogP contribution in [0, 0.1) is 23.5 Å². The highest BCUT2D eigenvalue weighted by molar-refractivity contribution is 7.92. The second-order valence-electron chi connectivity index (χ2n) is 9.57. The number of hydrogen-bond donors (Lipinski definition) is 3. The molecule has 0 saturated heterocycles. The van der Waals surface area contributed by atoms with Gasteiger partial charge in [0.05, 0.1) is 15.2 Å². The molecule has 3 atom stereocenters. The molecule has 6 rings (SSSR count). The number of pyridine rings is 1. The van der Waals surface area contributed by atoms with Crippen LogP contribution in [-0.4, -0.2) is 40.4 Å². The summed E-state index contributed by atoms with van der Waals surface area (Å²) >= 11 is 6.24. The third-order valence-electron chi connectivity index (χ3n) is 7.53. The van der Waals surface area contributed by atoms with Crippen LogP contribution in [0.15, 0.2) is 65.8 Å². The van der Waals surface area contributed by atoms with E-state index in [1.54, 1.807) is 18.3 Å².